The lowest BCUT2D eigenvalue weighted by atomic mass is 9.89. The average Bonchev–Trinajstić information content (AvgIpc) is 2.78. The molecule has 0 aromatic carbocycles. The largest absolute Gasteiger partial charge is 0.359 e. The summed E-state index contributed by atoms with van der Waals surface area (Å²) in [6, 6.07) is 0. The highest BCUT2D eigenvalue weighted by atomic mass is 16.2. The van der Waals surface area contributed by atoms with Crippen molar-refractivity contribution < 1.29 is 9.59 Å². The topological polar surface area (TPSA) is 75.4 Å². The summed E-state index contributed by atoms with van der Waals surface area (Å²) in [5, 5.41) is 2.67. The van der Waals surface area contributed by atoms with Gasteiger partial charge in [-0.15, -0.1) is 0 Å². The maximum Gasteiger partial charge on any atom is 0.227 e. The fraction of sp³-hybridized carbons (Fsp3) is 0.846. The molecule has 18 heavy (non-hydrogen) atoms. The Labute approximate surface area is 109 Å². The van der Waals surface area contributed by atoms with Crippen molar-refractivity contribution in [1.29, 1.82) is 0 Å². The van der Waals surface area contributed by atoms with E-state index in [0.29, 0.717) is 19.6 Å². The molecule has 1 heterocycles. The molecule has 3 N–H and O–H groups in total. The number of nitrogens with two attached hydrogens (primary N) is 1. The molecule has 2 atom stereocenters. The first-order valence-electron chi connectivity index (χ1n) is 6.69. The Morgan fingerprint density at radius 2 is 2.17 bits per heavy atom. The molecule has 0 aliphatic carbocycles. The van der Waals surface area contributed by atoms with Gasteiger partial charge in [-0.25, -0.2) is 0 Å². The van der Waals surface area contributed by atoms with Crippen molar-refractivity contribution in [2.24, 2.45) is 17.1 Å². The molecule has 0 bridgehead atoms. The van der Waals surface area contributed by atoms with Crippen LogP contribution in [-0.4, -0.2) is 43.4 Å². The molecule has 0 radical (unpaired) electrons. The number of amides is 2. The Bertz CT molecular complexity index is 319. The molecule has 5 heteroatoms. The average molecular weight is 255 g/mol. The number of carbonyl (C=O) groups excluding carboxylic acids is 2. The number of carbonyl (C=O) groups is 2. The highest BCUT2D eigenvalue weighted by Crippen LogP contribution is 2.31. The number of hydrogen-bond acceptors (Lipinski definition) is 3. The van der Waals surface area contributed by atoms with Gasteiger partial charge in [0.25, 0.3) is 0 Å². The minimum atomic E-state index is -0.449. The van der Waals surface area contributed by atoms with Crippen LogP contribution in [0.5, 0.6) is 0 Å². The van der Waals surface area contributed by atoms with Crippen LogP contribution < -0.4 is 11.1 Å². The lowest BCUT2D eigenvalue weighted by Crippen LogP contribution is -2.42. The third kappa shape index (κ3) is 3.02. The van der Waals surface area contributed by atoms with E-state index in [0.717, 1.165) is 19.3 Å². The maximum atomic E-state index is 12.3. The normalized spacial score (nSPS) is 25.0. The van der Waals surface area contributed by atoms with Crippen molar-refractivity contribution in [2.45, 2.75) is 33.1 Å². The van der Waals surface area contributed by atoms with Crippen molar-refractivity contribution in [1.82, 2.24) is 10.2 Å². The molecule has 2 unspecified atom stereocenters. The zero-order valence-electron chi connectivity index (χ0n) is 11.7. The van der Waals surface area contributed by atoms with E-state index in [1.165, 1.54) is 0 Å². The number of rotatable bonds is 5. The van der Waals surface area contributed by atoms with E-state index >= 15 is 0 Å². The molecular weight excluding hydrogens is 230 g/mol. The van der Waals surface area contributed by atoms with E-state index in [2.05, 4.69) is 12.2 Å². The van der Waals surface area contributed by atoms with Crippen LogP contribution >= 0.6 is 0 Å². The number of hydrogen-bond donors (Lipinski definition) is 2. The molecule has 1 saturated heterocycles. The first-order valence-corrected chi connectivity index (χ1v) is 6.69. The predicted molar refractivity (Wildman–Crippen MR) is 70.8 cm³/mol. The van der Waals surface area contributed by atoms with Gasteiger partial charge in [0, 0.05) is 26.7 Å². The van der Waals surface area contributed by atoms with Crippen molar-refractivity contribution in [3.63, 3.8) is 0 Å². The van der Waals surface area contributed by atoms with Gasteiger partial charge in [-0.3, -0.25) is 9.59 Å². The maximum absolute atomic E-state index is 12.3. The summed E-state index contributed by atoms with van der Waals surface area (Å²) in [6.07, 6.45) is 2.50. The Hall–Kier alpha value is -1.10. The van der Waals surface area contributed by atoms with Crippen molar-refractivity contribution in [3.8, 4) is 0 Å². The van der Waals surface area contributed by atoms with Crippen LogP contribution in [0.25, 0.3) is 0 Å². The molecule has 0 saturated carbocycles. The second kappa shape index (κ2) is 6.18. The monoisotopic (exact) mass is 255 g/mol. The van der Waals surface area contributed by atoms with Gasteiger partial charge in [-0.05, 0) is 19.8 Å². The summed E-state index contributed by atoms with van der Waals surface area (Å²) in [7, 11) is 1.64. The Kier molecular flexibility index (Phi) is 5.14. The zero-order chi connectivity index (χ0) is 13.8. The summed E-state index contributed by atoms with van der Waals surface area (Å²) in [6.45, 7) is 5.51. The molecule has 104 valence electrons. The van der Waals surface area contributed by atoms with Gasteiger partial charge in [0.2, 0.25) is 11.8 Å². The molecule has 0 aromatic heterocycles. The van der Waals surface area contributed by atoms with Gasteiger partial charge in [-0.2, -0.15) is 0 Å². The van der Waals surface area contributed by atoms with E-state index < -0.39 is 5.41 Å². The van der Waals surface area contributed by atoms with E-state index in [1.807, 2.05) is 6.92 Å². The summed E-state index contributed by atoms with van der Waals surface area (Å²) in [5.41, 5.74) is 5.21. The standard InChI is InChI=1S/C13H25N3O2/c1-4-5-10(8-14)11(17)16-7-6-13(2,9-16)12(18)15-3/h10H,4-9,14H2,1-3H3,(H,15,18). The number of likely N-dealkylation sites (tertiary alicyclic amines) is 1. The zero-order valence-corrected chi connectivity index (χ0v) is 11.7. The molecule has 1 fully saturated rings. The number of nitrogens with zero attached hydrogens (tertiary/aromatic N) is 1. The fourth-order valence-corrected chi connectivity index (χ4v) is 2.59. The summed E-state index contributed by atoms with van der Waals surface area (Å²) < 4.78 is 0. The molecule has 0 aromatic rings. The molecule has 2 amide bonds. The fourth-order valence-electron chi connectivity index (χ4n) is 2.59. The molecule has 1 aliphatic rings. The second-order valence-corrected chi connectivity index (χ2v) is 5.37. The van der Waals surface area contributed by atoms with E-state index in [1.54, 1.807) is 11.9 Å². The van der Waals surface area contributed by atoms with Crippen LogP contribution in [0, 0.1) is 11.3 Å². The van der Waals surface area contributed by atoms with E-state index in [-0.39, 0.29) is 17.7 Å². The van der Waals surface area contributed by atoms with Crippen LogP contribution in [0.1, 0.15) is 33.1 Å². The lowest BCUT2D eigenvalue weighted by Gasteiger charge is -2.25. The Morgan fingerprint density at radius 3 is 2.67 bits per heavy atom. The van der Waals surface area contributed by atoms with Crippen LogP contribution in [-0.2, 0) is 9.59 Å². The predicted octanol–water partition coefficient (Wildman–Crippen LogP) is 0.346. The minimum Gasteiger partial charge on any atom is -0.359 e. The van der Waals surface area contributed by atoms with Crippen molar-refractivity contribution in [3.05, 3.63) is 0 Å². The van der Waals surface area contributed by atoms with Crippen LogP contribution in [0.2, 0.25) is 0 Å². The van der Waals surface area contributed by atoms with Gasteiger partial charge in [-0.1, -0.05) is 13.3 Å². The quantitative estimate of drug-likeness (QED) is 0.744. The smallest absolute Gasteiger partial charge is 0.227 e. The van der Waals surface area contributed by atoms with Gasteiger partial charge in [0.15, 0.2) is 0 Å². The summed E-state index contributed by atoms with van der Waals surface area (Å²) in [5.74, 6) is 0.0200. The van der Waals surface area contributed by atoms with Crippen LogP contribution in [0.3, 0.4) is 0 Å². The highest BCUT2D eigenvalue weighted by molar-refractivity contribution is 5.85. The van der Waals surface area contributed by atoms with Crippen LogP contribution in [0.15, 0.2) is 0 Å². The first kappa shape index (κ1) is 15.0. The molecule has 5 nitrogen and oxygen atoms in total. The molecular formula is C13H25N3O2. The first-order chi connectivity index (χ1) is 8.48. The SMILES string of the molecule is CCCC(CN)C(=O)N1CCC(C)(C(=O)NC)C1. The third-order valence-electron chi connectivity index (χ3n) is 3.83. The Morgan fingerprint density at radius 1 is 1.50 bits per heavy atom. The third-order valence-corrected chi connectivity index (χ3v) is 3.83. The van der Waals surface area contributed by atoms with Crippen molar-refractivity contribution >= 4 is 11.8 Å². The summed E-state index contributed by atoms with van der Waals surface area (Å²) in [4.78, 5) is 25.9. The molecule has 1 aliphatic heterocycles. The lowest BCUT2D eigenvalue weighted by molar-refractivity contribution is -0.135. The van der Waals surface area contributed by atoms with E-state index in [4.69, 9.17) is 5.73 Å². The van der Waals surface area contributed by atoms with Crippen molar-refractivity contribution in [2.75, 3.05) is 26.7 Å². The van der Waals surface area contributed by atoms with Gasteiger partial charge < -0.3 is 16.0 Å². The molecule has 0 spiro atoms. The second-order valence-electron chi connectivity index (χ2n) is 5.37. The minimum absolute atomic E-state index is 0.0117. The molecule has 1 rings (SSSR count). The van der Waals surface area contributed by atoms with E-state index in [9.17, 15) is 9.59 Å². The highest BCUT2D eigenvalue weighted by Gasteiger charge is 2.42. The Balaban J connectivity index is 2.65. The summed E-state index contributed by atoms with van der Waals surface area (Å²) >= 11 is 0. The van der Waals surface area contributed by atoms with Crippen LogP contribution in [0.4, 0.5) is 0 Å². The van der Waals surface area contributed by atoms with Gasteiger partial charge in [0.05, 0.1) is 11.3 Å². The van der Waals surface area contributed by atoms with Gasteiger partial charge in [0.1, 0.15) is 0 Å². The van der Waals surface area contributed by atoms with Gasteiger partial charge >= 0.3 is 0 Å². The number of nitrogens with one attached hydrogen (secondary N) is 1.